The first-order valence-corrected chi connectivity index (χ1v) is 16.7. The first kappa shape index (κ1) is 33.2. The summed E-state index contributed by atoms with van der Waals surface area (Å²) in [6.07, 6.45) is 1.20. The third kappa shape index (κ3) is 6.83. The van der Waals surface area contributed by atoms with Gasteiger partial charge in [-0.05, 0) is 40.8 Å². The molecule has 1 aliphatic rings. The van der Waals surface area contributed by atoms with Crippen molar-refractivity contribution >= 4 is 18.0 Å². The molecule has 0 aromatic heterocycles. The third-order valence-corrected chi connectivity index (χ3v) is 9.16. The van der Waals surface area contributed by atoms with Gasteiger partial charge in [-0.25, -0.2) is 9.59 Å². The van der Waals surface area contributed by atoms with Crippen LogP contribution in [-0.4, -0.2) is 37.7 Å². The number of hydrogen-bond acceptors (Lipinski definition) is 5. The van der Waals surface area contributed by atoms with E-state index in [1.54, 1.807) is 31.3 Å². The van der Waals surface area contributed by atoms with Crippen LogP contribution in [0.1, 0.15) is 70.3 Å². The molecule has 0 unspecified atom stereocenters. The Kier molecular flexibility index (Phi) is 10.2. The number of benzene rings is 5. The Morgan fingerprint density at radius 2 is 1.20 bits per heavy atom. The molecule has 0 bridgehead atoms. The van der Waals surface area contributed by atoms with Gasteiger partial charge in [0.25, 0.3) is 5.91 Å². The molecule has 5 aromatic rings. The minimum Gasteiger partial charge on any atom is -0.449 e. The smallest absolute Gasteiger partial charge is 0.407 e. The van der Waals surface area contributed by atoms with Gasteiger partial charge < -0.3 is 20.1 Å². The molecule has 0 aliphatic heterocycles. The van der Waals surface area contributed by atoms with Gasteiger partial charge >= 0.3 is 12.1 Å². The molecule has 5 aromatic carbocycles. The van der Waals surface area contributed by atoms with E-state index in [-0.39, 0.29) is 18.4 Å². The van der Waals surface area contributed by atoms with Crippen molar-refractivity contribution in [3.05, 3.63) is 167 Å². The Hall–Kier alpha value is -5.69. The Labute approximate surface area is 287 Å². The number of carbonyl (C=O) groups excluding carboxylic acids is 3. The van der Waals surface area contributed by atoms with Crippen molar-refractivity contribution in [3.63, 3.8) is 0 Å². The average molecular weight is 653 g/mol. The van der Waals surface area contributed by atoms with Gasteiger partial charge in [-0.15, -0.1) is 0 Å². The fourth-order valence-corrected chi connectivity index (χ4v) is 6.68. The van der Waals surface area contributed by atoms with Crippen molar-refractivity contribution in [2.45, 2.75) is 43.7 Å². The molecule has 7 heteroatoms. The second kappa shape index (κ2) is 15.0. The number of amides is 2. The standard InChI is InChI=1S/C42H40N2O5/c1-3-4-23-38(44-41(47)48-28-37-35-21-13-11-19-33(35)34-20-12-14-22-36(34)37)40(46)49-42(30-15-7-5-8-16-30,31-17-9-6-10-18-31)32-26-24-29(25-27-32)39(45)43-2/h5-22,24-27,37-38H,3-4,23,28H2,1-2H3,(H,43,45)(H,44,47)/t38-/m1/s1. The van der Waals surface area contributed by atoms with E-state index in [1.165, 1.54) is 0 Å². The van der Waals surface area contributed by atoms with Crippen LogP contribution in [0.2, 0.25) is 0 Å². The lowest BCUT2D eigenvalue weighted by Crippen LogP contribution is -2.46. The highest BCUT2D eigenvalue weighted by molar-refractivity contribution is 5.94. The summed E-state index contributed by atoms with van der Waals surface area (Å²) in [4.78, 5) is 40.2. The monoisotopic (exact) mass is 652 g/mol. The molecule has 0 heterocycles. The van der Waals surface area contributed by atoms with E-state index in [0.717, 1.165) is 39.8 Å². The third-order valence-electron chi connectivity index (χ3n) is 9.16. The number of unbranched alkanes of at least 4 members (excludes halogenated alkanes) is 1. The van der Waals surface area contributed by atoms with Crippen molar-refractivity contribution < 1.29 is 23.9 Å². The Bertz CT molecular complexity index is 1820. The predicted octanol–water partition coefficient (Wildman–Crippen LogP) is 7.98. The maximum Gasteiger partial charge on any atom is 0.407 e. The van der Waals surface area contributed by atoms with Crippen molar-refractivity contribution in [2.24, 2.45) is 0 Å². The van der Waals surface area contributed by atoms with E-state index in [4.69, 9.17) is 9.47 Å². The van der Waals surface area contributed by atoms with Gasteiger partial charge in [0.1, 0.15) is 12.6 Å². The fraction of sp³-hybridized carbons (Fsp3) is 0.214. The Balaban J connectivity index is 1.29. The molecule has 2 N–H and O–H groups in total. The van der Waals surface area contributed by atoms with Crippen molar-refractivity contribution in [3.8, 4) is 11.1 Å². The summed E-state index contributed by atoms with van der Waals surface area (Å²) in [6.45, 7) is 2.16. The normalized spacial score (nSPS) is 12.7. The van der Waals surface area contributed by atoms with E-state index in [0.29, 0.717) is 24.0 Å². The van der Waals surface area contributed by atoms with E-state index in [9.17, 15) is 14.4 Å². The van der Waals surface area contributed by atoms with Crippen LogP contribution in [0.5, 0.6) is 0 Å². The molecule has 1 aliphatic carbocycles. The number of esters is 1. The molecule has 0 saturated heterocycles. The lowest BCUT2D eigenvalue weighted by molar-refractivity contribution is -0.156. The SMILES string of the molecule is CCCC[C@@H](NC(=O)OCC1c2ccccc2-c2ccccc21)C(=O)OC(c1ccccc1)(c1ccccc1)c1ccc(C(=O)NC)cc1. The Morgan fingerprint density at radius 3 is 1.73 bits per heavy atom. The maximum atomic E-state index is 14.4. The highest BCUT2D eigenvalue weighted by Crippen LogP contribution is 2.45. The van der Waals surface area contributed by atoms with Gasteiger partial charge in [0, 0.05) is 35.2 Å². The van der Waals surface area contributed by atoms with Crippen LogP contribution in [0, 0.1) is 0 Å². The lowest BCUT2D eigenvalue weighted by atomic mass is 9.79. The average Bonchev–Trinajstić information content (AvgIpc) is 3.48. The molecular formula is C42H40N2O5. The topological polar surface area (TPSA) is 93.7 Å². The van der Waals surface area contributed by atoms with Crippen LogP contribution in [0.15, 0.2) is 133 Å². The number of carbonyl (C=O) groups is 3. The number of rotatable bonds is 12. The van der Waals surface area contributed by atoms with Crippen LogP contribution in [0.25, 0.3) is 11.1 Å². The summed E-state index contributed by atoms with van der Waals surface area (Å²) in [5, 5.41) is 5.49. The zero-order valence-corrected chi connectivity index (χ0v) is 27.7. The zero-order chi connectivity index (χ0) is 34.2. The van der Waals surface area contributed by atoms with Crippen molar-refractivity contribution in [1.29, 1.82) is 0 Å². The number of ether oxygens (including phenoxy) is 2. The van der Waals surface area contributed by atoms with Gasteiger partial charge in [0.2, 0.25) is 0 Å². The summed E-state index contributed by atoms with van der Waals surface area (Å²) in [5.41, 5.74) is 5.68. The highest BCUT2D eigenvalue weighted by Gasteiger charge is 2.42. The summed E-state index contributed by atoms with van der Waals surface area (Å²) in [7, 11) is 1.58. The first-order valence-electron chi connectivity index (χ1n) is 16.7. The zero-order valence-electron chi connectivity index (χ0n) is 27.7. The van der Waals surface area contributed by atoms with Crippen molar-refractivity contribution in [1.82, 2.24) is 10.6 Å². The van der Waals surface area contributed by atoms with E-state index < -0.39 is 23.7 Å². The van der Waals surface area contributed by atoms with Gasteiger partial charge in [-0.1, -0.05) is 141 Å². The van der Waals surface area contributed by atoms with Gasteiger partial charge in [0.05, 0.1) is 0 Å². The minimum absolute atomic E-state index is 0.110. The van der Waals surface area contributed by atoms with Crippen LogP contribution >= 0.6 is 0 Å². The first-order chi connectivity index (χ1) is 24.0. The van der Waals surface area contributed by atoms with Crippen LogP contribution in [-0.2, 0) is 19.9 Å². The molecule has 0 spiro atoms. The van der Waals surface area contributed by atoms with Crippen LogP contribution in [0.4, 0.5) is 4.79 Å². The molecule has 49 heavy (non-hydrogen) atoms. The second-order valence-electron chi connectivity index (χ2n) is 12.2. The second-order valence-corrected chi connectivity index (χ2v) is 12.2. The fourth-order valence-electron chi connectivity index (χ4n) is 6.68. The molecule has 2 amide bonds. The maximum absolute atomic E-state index is 14.4. The lowest BCUT2D eigenvalue weighted by Gasteiger charge is -2.36. The summed E-state index contributed by atoms with van der Waals surface area (Å²) in [6, 6.07) is 41.4. The Morgan fingerprint density at radius 1 is 0.694 bits per heavy atom. The highest BCUT2D eigenvalue weighted by atomic mass is 16.6. The molecule has 7 nitrogen and oxygen atoms in total. The molecule has 0 fully saturated rings. The molecule has 0 saturated carbocycles. The largest absolute Gasteiger partial charge is 0.449 e. The number of nitrogens with one attached hydrogen (secondary N) is 2. The number of fused-ring (bicyclic) bond motifs is 3. The minimum atomic E-state index is -1.38. The molecular weight excluding hydrogens is 612 g/mol. The molecule has 6 rings (SSSR count). The predicted molar refractivity (Wildman–Crippen MR) is 190 cm³/mol. The van der Waals surface area contributed by atoms with Crippen LogP contribution < -0.4 is 10.6 Å². The van der Waals surface area contributed by atoms with Crippen molar-refractivity contribution in [2.75, 3.05) is 13.7 Å². The number of hydrogen-bond donors (Lipinski definition) is 2. The molecule has 248 valence electrons. The van der Waals surface area contributed by atoms with Gasteiger partial charge in [0.15, 0.2) is 5.60 Å². The van der Waals surface area contributed by atoms with E-state index in [2.05, 4.69) is 34.9 Å². The van der Waals surface area contributed by atoms with E-state index in [1.807, 2.05) is 91.9 Å². The van der Waals surface area contributed by atoms with Crippen LogP contribution in [0.3, 0.4) is 0 Å². The van der Waals surface area contributed by atoms with Gasteiger partial charge in [-0.2, -0.15) is 0 Å². The number of alkyl carbamates (subject to hydrolysis) is 1. The summed E-state index contributed by atoms with van der Waals surface area (Å²) >= 11 is 0. The summed E-state index contributed by atoms with van der Waals surface area (Å²) in [5.74, 6) is -0.925. The van der Waals surface area contributed by atoms with Gasteiger partial charge in [-0.3, -0.25) is 4.79 Å². The van der Waals surface area contributed by atoms with E-state index >= 15 is 0 Å². The summed E-state index contributed by atoms with van der Waals surface area (Å²) < 4.78 is 12.5. The molecule has 0 radical (unpaired) electrons. The quantitative estimate of drug-likeness (QED) is 0.105. The molecule has 1 atom stereocenters.